The van der Waals surface area contributed by atoms with Crippen LogP contribution in [0.25, 0.3) is 38.5 Å². The van der Waals surface area contributed by atoms with E-state index < -0.39 is 12.3 Å². The summed E-state index contributed by atoms with van der Waals surface area (Å²) in [5, 5.41) is 11.6. The van der Waals surface area contributed by atoms with Crippen LogP contribution < -0.4 is 10.1 Å². The van der Waals surface area contributed by atoms with Crippen molar-refractivity contribution in [1.29, 1.82) is 0 Å². The number of ether oxygens (including phenoxy) is 2. The molecule has 288 valence electrons. The molecule has 0 atom stereocenters. The average Bonchev–Trinajstić information content (AvgIpc) is 3.84. The van der Waals surface area contributed by atoms with Gasteiger partial charge in [0.05, 0.1) is 28.3 Å². The first kappa shape index (κ1) is 37.6. The molecule has 7 aromatic rings. The van der Waals surface area contributed by atoms with E-state index in [0.717, 1.165) is 59.7 Å². The third-order valence-corrected chi connectivity index (χ3v) is 10.5. The topological polar surface area (TPSA) is 123 Å². The molecule has 11 nitrogen and oxygen atoms in total. The largest absolute Gasteiger partial charge is 0.473 e. The number of nitrogens with one attached hydrogen (secondary N) is 2. The lowest BCUT2D eigenvalue weighted by Gasteiger charge is -2.25. The van der Waals surface area contributed by atoms with Gasteiger partial charge < -0.3 is 23.8 Å². The molecule has 0 aliphatic carbocycles. The molecule has 0 bridgehead atoms. The summed E-state index contributed by atoms with van der Waals surface area (Å²) in [7, 11) is 1.95. The Bertz CT molecular complexity index is 2610. The number of nitrogens with zero attached hydrogens (tertiary/aromatic N) is 5. The molecule has 1 fully saturated rings. The van der Waals surface area contributed by atoms with Gasteiger partial charge in [0.1, 0.15) is 23.5 Å². The van der Waals surface area contributed by atoms with Crippen LogP contribution in [-0.2, 0) is 24.9 Å². The third-order valence-electron chi connectivity index (χ3n) is 9.95. The highest BCUT2D eigenvalue weighted by Gasteiger charge is 2.21. The van der Waals surface area contributed by atoms with E-state index in [0.29, 0.717) is 51.7 Å². The van der Waals surface area contributed by atoms with Gasteiger partial charge in [-0.15, -0.1) is 0 Å². The molecule has 4 aromatic heterocycles. The van der Waals surface area contributed by atoms with Crippen LogP contribution >= 0.6 is 23.2 Å². The maximum absolute atomic E-state index is 13.8. The number of pyridine rings is 1. The predicted octanol–water partition coefficient (Wildman–Crippen LogP) is 9.67. The van der Waals surface area contributed by atoms with Gasteiger partial charge in [-0.05, 0) is 79.4 Å². The number of anilines is 1. The van der Waals surface area contributed by atoms with Gasteiger partial charge in [-0.3, -0.25) is 14.8 Å². The number of carbonyl (C=O) groups is 1. The van der Waals surface area contributed by atoms with Crippen LogP contribution in [0.1, 0.15) is 58.0 Å². The van der Waals surface area contributed by atoms with Gasteiger partial charge in [0.2, 0.25) is 5.88 Å². The number of benzene rings is 3. The van der Waals surface area contributed by atoms with E-state index in [1.165, 1.54) is 12.5 Å². The van der Waals surface area contributed by atoms with Crippen LogP contribution in [-0.4, -0.2) is 61.8 Å². The summed E-state index contributed by atoms with van der Waals surface area (Å²) < 4.78 is 46.0. The van der Waals surface area contributed by atoms with Gasteiger partial charge in [-0.2, -0.15) is 5.10 Å². The van der Waals surface area contributed by atoms with E-state index >= 15 is 0 Å². The number of halogens is 4. The summed E-state index contributed by atoms with van der Waals surface area (Å²) in [6.45, 7) is 6.12. The third kappa shape index (κ3) is 7.85. The molecule has 15 heteroatoms. The van der Waals surface area contributed by atoms with Crippen molar-refractivity contribution in [2.45, 2.75) is 39.3 Å². The van der Waals surface area contributed by atoms with Gasteiger partial charge in [0.25, 0.3) is 12.3 Å². The fourth-order valence-electron chi connectivity index (χ4n) is 6.73. The quantitative estimate of drug-likeness (QED) is 0.148. The van der Waals surface area contributed by atoms with Crippen LogP contribution in [0, 0.1) is 6.92 Å². The highest BCUT2D eigenvalue weighted by molar-refractivity contribution is 6.36. The molecular formula is C41H37Cl2F2N7O4. The van der Waals surface area contributed by atoms with Crippen LogP contribution in [0.5, 0.6) is 5.88 Å². The maximum Gasteiger partial charge on any atom is 0.266 e. The number of hydrogen-bond acceptors (Lipinski definition) is 8. The number of hydrogen-bond donors (Lipinski definition) is 2. The Balaban J connectivity index is 0.00000104. The lowest BCUT2D eigenvalue weighted by molar-refractivity contribution is 0.0367. The number of carbonyl (C=O) groups excluding carboxylic acids is 1. The summed E-state index contributed by atoms with van der Waals surface area (Å²) in [4.78, 5) is 25.2. The van der Waals surface area contributed by atoms with Crippen molar-refractivity contribution >= 4 is 73.3 Å². The summed E-state index contributed by atoms with van der Waals surface area (Å²) in [6.07, 6.45) is 1.51. The summed E-state index contributed by atoms with van der Waals surface area (Å²) in [5.41, 5.74) is 6.19. The monoisotopic (exact) mass is 799 g/mol. The summed E-state index contributed by atoms with van der Waals surface area (Å²) in [6, 6.07) is 19.3. The zero-order valence-corrected chi connectivity index (χ0v) is 32.1. The summed E-state index contributed by atoms with van der Waals surface area (Å²) >= 11 is 12.4. The van der Waals surface area contributed by atoms with Crippen molar-refractivity contribution in [2.24, 2.45) is 7.05 Å². The van der Waals surface area contributed by atoms with E-state index in [1.54, 1.807) is 37.3 Å². The van der Waals surface area contributed by atoms with Crippen molar-refractivity contribution in [2.75, 3.05) is 31.6 Å². The minimum atomic E-state index is -2.74. The number of imidazole rings is 1. The van der Waals surface area contributed by atoms with E-state index in [2.05, 4.69) is 26.5 Å². The number of H-pyrrole nitrogens is 1. The number of rotatable bonds is 9. The molecule has 6 heterocycles. The molecule has 3 aromatic carbocycles. The van der Waals surface area contributed by atoms with Crippen molar-refractivity contribution in [3.63, 3.8) is 0 Å². The lowest BCUT2D eigenvalue weighted by Crippen LogP contribution is -2.29. The second-order valence-electron chi connectivity index (χ2n) is 13.7. The second-order valence-corrected chi connectivity index (χ2v) is 14.5. The molecule has 2 N–H and O–H groups in total. The Labute approximate surface area is 330 Å². The standard InChI is InChI=1S/C38H31Cl2F2N7O3.C3H6O/c1-20-25-15-24(16-27(37(41)42)35(25)47-46-20)43-38(50)22-7-9-31-30(14-22)44-33(48(31)2)18-49-12-10-21(11-13-49)29-4-3-5-34(45-29)51-19-23-6-8-28(39)26-17-32(40)52-36(23)26;1-2-4-3-1/h3-10,14-17,37H,11-13,18-19H2,1-2H3,(H,43,50)(H,46,47);1-3H2. The van der Waals surface area contributed by atoms with Crippen molar-refractivity contribution in [3.05, 3.63) is 117 Å². The lowest BCUT2D eigenvalue weighted by atomic mass is 10.0. The zero-order chi connectivity index (χ0) is 38.9. The molecular weight excluding hydrogens is 763 g/mol. The zero-order valence-electron chi connectivity index (χ0n) is 30.5. The number of alkyl halides is 2. The van der Waals surface area contributed by atoms with Crippen molar-refractivity contribution < 1.29 is 27.5 Å². The first-order valence-electron chi connectivity index (χ1n) is 18.1. The van der Waals surface area contributed by atoms with Gasteiger partial charge >= 0.3 is 0 Å². The predicted molar refractivity (Wildman–Crippen MR) is 213 cm³/mol. The molecule has 56 heavy (non-hydrogen) atoms. The Morgan fingerprint density at radius 2 is 1.88 bits per heavy atom. The first-order chi connectivity index (χ1) is 27.1. The van der Waals surface area contributed by atoms with Gasteiger partial charge in [-0.1, -0.05) is 29.8 Å². The molecule has 9 rings (SSSR count). The number of furan rings is 1. The van der Waals surface area contributed by atoms with Crippen LogP contribution in [0.3, 0.4) is 0 Å². The van der Waals surface area contributed by atoms with Gasteiger partial charge in [0.15, 0.2) is 5.22 Å². The van der Waals surface area contributed by atoms with Crippen LogP contribution in [0.4, 0.5) is 14.5 Å². The molecule has 1 saturated heterocycles. The maximum atomic E-state index is 13.8. The smallest absolute Gasteiger partial charge is 0.266 e. The fraction of sp³-hybridized carbons (Fsp3) is 0.268. The van der Waals surface area contributed by atoms with E-state index in [1.807, 2.05) is 41.9 Å². The van der Waals surface area contributed by atoms with Crippen molar-refractivity contribution in [1.82, 2.24) is 29.6 Å². The van der Waals surface area contributed by atoms with E-state index in [4.69, 9.17) is 47.1 Å². The molecule has 1 amide bonds. The van der Waals surface area contributed by atoms with E-state index in [-0.39, 0.29) is 28.6 Å². The molecule has 0 unspecified atom stereocenters. The number of fused-ring (bicyclic) bond motifs is 3. The van der Waals surface area contributed by atoms with Crippen LogP contribution in [0.15, 0.2) is 77.2 Å². The Morgan fingerprint density at radius 3 is 2.62 bits per heavy atom. The number of aryl methyl sites for hydroxylation is 2. The number of amides is 1. The first-order valence-corrected chi connectivity index (χ1v) is 18.9. The van der Waals surface area contributed by atoms with Crippen molar-refractivity contribution in [3.8, 4) is 5.88 Å². The molecule has 2 aliphatic heterocycles. The van der Waals surface area contributed by atoms with Gasteiger partial charge in [0, 0.05) is 84.3 Å². The average molecular weight is 801 g/mol. The number of aromatic amines is 1. The minimum Gasteiger partial charge on any atom is -0.473 e. The Kier molecular flexibility index (Phi) is 10.8. The minimum absolute atomic E-state index is 0.193. The highest BCUT2D eigenvalue weighted by atomic mass is 35.5. The molecule has 2 aliphatic rings. The SMILES string of the molecule is C1COC1.Cc1[nH]nc2c(C(F)F)cc(NC(=O)c3ccc4c(c3)nc(CN3CC=C(c5cccc(OCc6ccc(Cl)c7cc(Cl)oc67)n5)CC3)n4C)cc12. The summed E-state index contributed by atoms with van der Waals surface area (Å²) in [5.74, 6) is 0.937. The molecule has 0 saturated carbocycles. The molecule has 0 radical (unpaired) electrons. The molecule has 0 spiro atoms. The Morgan fingerprint density at radius 1 is 1.05 bits per heavy atom. The van der Waals surface area contributed by atoms with E-state index in [9.17, 15) is 13.6 Å². The second kappa shape index (κ2) is 16.0. The highest BCUT2D eigenvalue weighted by Crippen LogP contribution is 2.34. The Hall–Kier alpha value is -5.34. The van der Waals surface area contributed by atoms with Crippen LogP contribution in [0.2, 0.25) is 10.2 Å². The van der Waals surface area contributed by atoms with Gasteiger partial charge in [-0.25, -0.2) is 18.7 Å². The number of aromatic nitrogens is 5. The normalized spacial score (nSPS) is 14.5. The fourth-order valence-corrected chi connectivity index (χ4v) is 7.12.